The van der Waals surface area contributed by atoms with Gasteiger partial charge < -0.3 is 4.90 Å². The first-order chi connectivity index (χ1) is 12.8. The molecule has 1 saturated heterocycles. The smallest absolute Gasteiger partial charge is 0.293 e. The Morgan fingerprint density at radius 1 is 1.04 bits per heavy atom. The first-order valence-electron chi connectivity index (χ1n) is 8.67. The van der Waals surface area contributed by atoms with Gasteiger partial charge >= 0.3 is 0 Å². The number of benzene rings is 2. The molecule has 1 aliphatic rings. The lowest BCUT2D eigenvalue weighted by Gasteiger charge is -2.35. The molecule has 1 aliphatic heterocycles. The van der Waals surface area contributed by atoms with Crippen LogP contribution in [0.25, 0.3) is 0 Å². The van der Waals surface area contributed by atoms with Crippen molar-refractivity contribution in [3.8, 4) is 0 Å². The van der Waals surface area contributed by atoms with Crippen LogP contribution in [0.5, 0.6) is 0 Å². The van der Waals surface area contributed by atoms with Gasteiger partial charge in [-0.2, -0.15) is 0 Å². The summed E-state index contributed by atoms with van der Waals surface area (Å²) in [5, 5.41) is 16.5. The number of piperazine rings is 1. The summed E-state index contributed by atoms with van der Waals surface area (Å²) in [6.45, 7) is 3.81. The normalized spacial score (nSPS) is 15.7. The third-order valence-electron chi connectivity index (χ3n) is 4.74. The summed E-state index contributed by atoms with van der Waals surface area (Å²) in [5.74, 6) is 0. The van der Waals surface area contributed by atoms with Crippen molar-refractivity contribution in [2.24, 2.45) is 5.14 Å². The fourth-order valence-electron chi connectivity index (χ4n) is 3.24. The van der Waals surface area contributed by atoms with Gasteiger partial charge in [0.05, 0.1) is 9.82 Å². The SMILES string of the molecule is NS(=O)(=O)c1ccc(N2CCN(CCc3ccccc3)CC2)c([N+](=O)[O-])c1. The summed E-state index contributed by atoms with van der Waals surface area (Å²) < 4.78 is 22.9. The van der Waals surface area contributed by atoms with E-state index in [0.29, 0.717) is 18.8 Å². The Morgan fingerprint density at radius 3 is 2.30 bits per heavy atom. The maximum atomic E-state index is 11.5. The monoisotopic (exact) mass is 390 g/mol. The molecule has 2 N–H and O–H groups in total. The molecule has 144 valence electrons. The highest BCUT2D eigenvalue weighted by molar-refractivity contribution is 7.89. The molecule has 0 unspecified atom stereocenters. The largest absolute Gasteiger partial charge is 0.363 e. The van der Waals surface area contributed by atoms with Crippen LogP contribution in [0.1, 0.15) is 5.56 Å². The van der Waals surface area contributed by atoms with Crippen LogP contribution in [-0.2, 0) is 16.4 Å². The van der Waals surface area contributed by atoms with Crippen molar-refractivity contribution < 1.29 is 13.3 Å². The van der Waals surface area contributed by atoms with E-state index in [0.717, 1.165) is 32.1 Å². The van der Waals surface area contributed by atoms with Crippen LogP contribution in [0, 0.1) is 10.1 Å². The fourth-order valence-corrected chi connectivity index (χ4v) is 3.77. The van der Waals surface area contributed by atoms with Gasteiger partial charge in [0.25, 0.3) is 5.69 Å². The van der Waals surface area contributed by atoms with Crippen molar-refractivity contribution in [3.05, 3.63) is 64.2 Å². The highest BCUT2D eigenvalue weighted by atomic mass is 32.2. The average Bonchev–Trinajstić information content (AvgIpc) is 2.66. The maximum absolute atomic E-state index is 11.5. The number of anilines is 1. The molecule has 0 amide bonds. The second-order valence-corrected chi connectivity index (χ2v) is 8.08. The second kappa shape index (κ2) is 8.03. The lowest BCUT2D eigenvalue weighted by atomic mass is 10.1. The summed E-state index contributed by atoms with van der Waals surface area (Å²) in [4.78, 5) is 14.8. The molecule has 2 aromatic rings. The molecule has 3 rings (SSSR count). The number of hydrogen-bond donors (Lipinski definition) is 1. The average molecular weight is 390 g/mol. The maximum Gasteiger partial charge on any atom is 0.293 e. The topological polar surface area (TPSA) is 110 Å². The number of primary sulfonamides is 1. The van der Waals surface area contributed by atoms with Crippen LogP contribution >= 0.6 is 0 Å². The molecule has 9 heteroatoms. The number of hydrogen-bond acceptors (Lipinski definition) is 6. The number of sulfonamides is 1. The van der Waals surface area contributed by atoms with E-state index in [1.165, 1.54) is 17.7 Å². The van der Waals surface area contributed by atoms with Crippen LogP contribution in [0.3, 0.4) is 0 Å². The Labute approximate surface area is 158 Å². The van der Waals surface area contributed by atoms with Crippen molar-refractivity contribution in [1.29, 1.82) is 0 Å². The van der Waals surface area contributed by atoms with Gasteiger partial charge in [-0.15, -0.1) is 0 Å². The first kappa shape index (κ1) is 19.3. The predicted octanol–water partition coefficient (Wildman–Crippen LogP) is 1.61. The summed E-state index contributed by atoms with van der Waals surface area (Å²) in [7, 11) is -3.98. The minimum atomic E-state index is -3.98. The van der Waals surface area contributed by atoms with Crippen LogP contribution in [0.15, 0.2) is 53.4 Å². The van der Waals surface area contributed by atoms with Gasteiger partial charge in [0, 0.05) is 38.8 Å². The van der Waals surface area contributed by atoms with Gasteiger partial charge in [0.15, 0.2) is 0 Å². The summed E-state index contributed by atoms with van der Waals surface area (Å²) in [5.41, 5.74) is 1.48. The third-order valence-corrected chi connectivity index (χ3v) is 5.66. The highest BCUT2D eigenvalue weighted by Crippen LogP contribution is 2.31. The Hall–Kier alpha value is -2.49. The zero-order chi connectivity index (χ0) is 19.4. The van der Waals surface area contributed by atoms with Gasteiger partial charge in [-0.05, 0) is 24.1 Å². The van der Waals surface area contributed by atoms with Crippen LogP contribution in [0.2, 0.25) is 0 Å². The molecule has 1 heterocycles. The molecule has 0 atom stereocenters. The molecule has 0 aromatic heterocycles. The molecule has 8 nitrogen and oxygen atoms in total. The van der Waals surface area contributed by atoms with E-state index in [4.69, 9.17) is 5.14 Å². The molecular formula is C18H22N4O4S. The number of nitro groups is 1. The summed E-state index contributed by atoms with van der Waals surface area (Å²) in [6, 6.07) is 14.1. The number of rotatable bonds is 6. The molecular weight excluding hydrogens is 368 g/mol. The molecule has 0 bridgehead atoms. The Morgan fingerprint density at radius 2 is 1.70 bits per heavy atom. The third kappa shape index (κ3) is 4.82. The van der Waals surface area contributed by atoms with E-state index < -0.39 is 14.9 Å². The zero-order valence-corrected chi connectivity index (χ0v) is 15.6. The number of nitrogens with zero attached hydrogens (tertiary/aromatic N) is 3. The Kier molecular flexibility index (Phi) is 5.73. The quantitative estimate of drug-likeness (QED) is 0.593. The van der Waals surface area contributed by atoms with Crippen molar-refractivity contribution >= 4 is 21.4 Å². The molecule has 2 aromatic carbocycles. The molecule has 1 fully saturated rings. The Balaban J connectivity index is 1.66. The predicted molar refractivity (Wildman–Crippen MR) is 103 cm³/mol. The van der Waals surface area contributed by atoms with E-state index in [1.807, 2.05) is 23.1 Å². The first-order valence-corrected chi connectivity index (χ1v) is 10.2. The van der Waals surface area contributed by atoms with Gasteiger partial charge in [0.2, 0.25) is 10.0 Å². The van der Waals surface area contributed by atoms with Crippen molar-refractivity contribution in [3.63, 3.8) is 0 Å². The summed E-state index contributed by atoms with van der Waals surface area (Å²) in [6.07, 6.45) is 0.962. The van der Waals surface area contributed by atoms with Gasteiger partial charge in [-0.1, -0.05) is 30.3 Å². The van der Waals surface area contributed by atoms with E-state index >= 15 is 0 Å². The van der Waals surface area contributed by atoms with Crippen molar-refractivity contribution in [2.75, 3.05) is 37.6 Å². The van der Waals surface area contributed by atoms with E-state index in [1.54, 1.807) is 0 Å². The Bertz CT molecular complexity index is 910. The zero-order valence-electron chi connectivity index (χ0n) is 14.8. The molecule has 0 saturated carbocycles. The lowest BCUT2D eigenvalue weighted by molar-refractivity contribution is -0.384. The fraction of sp³-hybridized carbons (Fsp3) is 0.333. The molecule has 27 heavy (non-hydrogen) atoms. The van der Waals surface area contributed by atoms with Gasteiger partial charge in [-0.3, -0.25) is 15.0 Å². The van der Waals surface area contributed by atoms with Crippen LogP contribution in [0.4, 0.5) is 11.4 Å². The van der Waals surface area contributed by atoms with Crippen molar-refractivity contribution in [2.45, 2.75) is 11.3 Å². The van der Waals surface area contributed by atoms with E-state index in [2.05, 4.69) is 17.0 Å². The van der Waals surface area contributed by atoms with Crippen LogP contribution < -0.4 is 10.0 Å². The lowest BCUT2D eigenvalue weighted by Crippen LogP contribution is -2.47. The van der Waals surface area contributed by atoms with E-state index in [9.17, 15) is 18.5 Å². The minimum Gasteiger partial charge on any atom is -0.363 e. The van der Waals surface area contributed by atoms with Gasteiger partial charge in [0.1, 0.15) is 5.69 Å². The second-order valence-electron chi connectivity index (χ2n) is 6.52. The standard InChI is InChI=1S/C18H22N4O4S/c19-27(25,26)16-6-7-17(18(14-16)22(23)24)21-12-10-20(11-13-21)9-8-15-4-2-1-3-5-15/h1-7,14H,8-13H2,(H2,19,25,26). The molecule has 0 spiro atoms. The van der Waals surface area contributed by atoms with Gasteiger partial charge in [-0.25, -0.2) is 13.6 Å². The molecule has 0 radical (unpaired) electrons. The molecule has 0 aliphatic carbocycles. The van der Waals surface area contributed by atoms with Crippen molar-refractivity contribution in [1.82, 2.24) is 4.90 Å². The highest BCUT2D eigenvalue weighted by Gasteiger charge is 2.25. The van der Waals surface area contributed by atoms with Crippen LogP contribution in [-0.4, -0.2) is 51.0 Å². The van der Waals surface area contributed by atoms with E-state index in [-0.39, 0.29) is 10.6 Å². The number of nitro benzene ring substituents is 1. The summed E-state index contributed by atoms with van der Waals surface area (Å²) >= 11 is 0. The minimum absolute atomic E-state index is 0.237. The number of nitrogens with two attached hydrogens (primary N) is 1.